The minimum atomic E-state index is -3.01. The van der Waals surface area contributed by atoms with Crippen molar-refractivity contribution in [3.05, 3.63) is 148 Å². The van der Waals surface area contributed by atoms with Crippen molar-refractivity contribution >= 4 is 46.3 Å². The molecule has 3 saturated heterocycles. The van der Waals surface area contributed by atoms with Crippen molar-refractivity contribution in [1.82, 2.24) is 34.2 Å². The lowest BCUT2D eigenvalue weighted by molar-refractivity contribution is -0.135. The zero-order chi connectivity index (χ0) is 46.1. The van der Waals surface area contributed by atoms with Gasteiger partial charge in [-0.05, 0) is 128 Å². The summed E-state index contributed by atoms with van der Waals surface area (Å²) in [5.74, 6) is -4.15. The fourth-order valence-electron chi connectivity index (χ4n) is 9.83. The van der Waals surface area contributed by atoms with E-state index in [1.165, 1.54) is 14.7 Å². The van der Waals surface area contributed by atoms with E-state index >= 15 is 8.78 Å². The van der Waals surface area contributed by atoms with Crippen LogP contribution >= 0.6 is 0 Å². The zero-order valence-electron chi connectivity index (χ0n) is 37.1. The average molecular weight is 894 g/mol. The van der Waals surface area contributed by atoms with Crippen molar-refractivity contribution in [2.75, 3.05) is 50.4 Å². The van der Waals surface area contributed by atoms with E-state index in [1.54, 1.807) is 78.8 Å². The van der Waals surface area contributed by atoms with Crippen LogP contribution in [0.2, 0.25) is 0 Å². The number of imide groups is 1. The number of nitrogen functional groups attached to an aromatic ring is 1. The third-order valence-electron chi connectivity index (χ3n) is 13.6. The topological polar surface area (TPSA) is 152 Å². The molecule has 3 aromatic carbocycles. The number of imidazole rings is 1. The van der Waals surface area contributed by atoms with Crippen molar-refractivity contribution in [1.29, 1.82) is 0 Å². The summed E-state index contributed by atoms with van der Waals surface area (Å²) in [7, 11) is 3.31. The Morgan fingerprint density at radius 3 is 2.33 bits per heavy atom. The highest BCUT2D eigenvalue weighted by molar-refractivity contribution is 6.05. The van der Waals surface area contributed by atoms with Crippen LogP contribution in [0.25, 0.3) is 28.2 Å². The van der Waals surface area contributed by atoms with Gasteiger partial charge in [-0.3, -0.25) is 43.6 Å². The smallest absolute Gasteiger partial charge is 0.329 e. The molecule has 0 saturated carbocycles. The van der Waals surface area contributed by atoms with Crippen LogP contribution in [0.5, 0.6) is 0 Å². The number of hydrogen-bond donors (Lipinski definition) is 2. The number of aryl methyl sites for hydroxylation is 1. The van der Waals surface area contributed by atoms with Crippen LogP contribution in [-0.2, 0) is 23.2 Å². The molecule has 2 atom stereocenters. The second-order valence-corrected chi connectivity index (χ2v) is 17.8. The molecule has 0 bridgehead atoms. The first-order chi connectivity index (χ1) is 31.8. The number of piperidine rings is 3. The van der Waals surface area contributed by atoms with Gasteiger partial charge in [-0.15, -0.1) is 0 Å². The van der Waals surface area contributed by atoms with Gasteiger partial charge in [0.25, 0.3) is 11.8 Å². The molecule has 13 nitrogen and oxygen atoms in total. The van der Waals surface area contributed by atoms with E-state index in [9.17, 15) is 19.2 Å². The average Bonchev–Trinajstić information content (AvgIpc) is 3.56. The number of likely N-dealkylation sites (tertiary alicyclic amines) is 2. The van der Waals surface area contributed by atoms with Crippen LogP contribution in [0.1, 0.15) is 82.6 Å². The van der Waals surface area contributed by atoms with E-state index in [2.05, 4.69) is 44.5 Å². The normalized spacial score (nSPS) is 19.6. The van der Waals surface area contributed by atoms with Crippen LogP contribution in [-0.4, -0.2) is 92.3 Å². The largest absolute Gasteiger partial charge is 0.384 e. The van der Waals surface area contributed by atoms with Crippen LogP contribution in [0.4, 0.5) is 20.3 Å². The van der Waals surface area contributed by atoms with Gasteiger partial charge in [0.15, 0.2) is 0 Å². The summed E-state index contributed by atoms with van der Waals surface area (Å²) in [6.45, 7) is 3.04. The van der Waals surface area contributed by atoms with E-state index in [1.807, 2.05) is 36.5 Å². The van der Waals surface area contributed by atoms with Gasteiger partial charge >= 0.3 is 5.69 Å². The van der Waals surface area contributed by atoms with Crippen molar-refractivity contribution in [3.8, 4) is 11.1 Å². The molecule has 340 valence electrons. The Bertz CT molecular complexity index is 2850. The SMILES string of the molecule is CN(C(=O)c1ccc(C2CCN(CC=Cc3cnccc3-c3ccc(N)nc3)CC2)cc1)c1ccc(C2CCN(Cc3ccc4c(c3)n(C)c(=O)n4C3CCC(=O)NC3=O)CC2(F)F)cc1. The van der Waals surface area contributed by atoms with Crippen molar-refractivity contribution in [2.24, 2.45) is 7.05 Å². The minimum absolute atomic E-state index is 0.141. The predicted octanol–water partition coefficient (Wildman–Crippen LogP) is 7.15. The number of anilines is 2. The number of carbonyl (C=O) groups excluding carboxylic acids is 3. The molecule has 6 aromatic rings. The van der Waals surface area contributed by atoms with Crippen molar-refractivity contribution in [2.45, 2.75) is 62.4 Å². The maximum Gasteiger partial charge on any atom is 0.329 e. The van der Waals surface area contributed by atoms with Crippen molar-refractivity contribution < 1.29 is 23.2 Å². The predicted molar refractivity (Wildman–Crippen MR) is 251 cm³/mol. The number of benzene rings is 3. The number of halogens is 2. The Balaban J connectivity index is 0.763. The maximum atomic E-state index is 15.9. The second kappa shape index (κ2) is 18.6. The lowest BCUT2D eigenvalue weighted by atomic mass is 9.86. The third kappa shape index (κ3) is 9.18. The first kappa shape index (κ1) is 44.4. The molecular formula is C51H53F2N9O4. The summed E-state index contributed by atoms with van der Waals surface area (Å²) in [6, 6.07) is 25.0. The van der Waals surface area contributed by atoms with Gasteiger partial charge in [-0.1, -0.05) is 42.5 Å². The Morgan fingerprint density at radius 2 is 1.62 bits per heavy atom. The lowest BCUT2D eigenvalue weighted by Crippen LogP contribution is -2.46. The van der Waals surface area contributed by atoms with Crippen molar-refractivity contribution in [3.63, 3.8) is 0 Å². The first-order valence-electron chi connectivity index (χ1n) is 22.5. The molecule has 9 rings (SSSR count). The molecule has 3 aliphatic rings. The molecule has 0 aliphatic carbocycles. The molecule has 6 heterocycles. The Hall–Kier alpha value is -6.84. The molecule has 3 fully saturated rings. The second-order valence-electron chi connectivity index (χ2n) is 17.8. The van der Waals surface area contributed by atoms with Gasteiger partial charge in [-0.25, -0.2) is 18.6 Å². The quantitative estimate of drug-likeness (QED) is 0.129. The van der Waals surface area contributed by atoms with Gasteiger partial charge in [0.05, 0.1) is 23.5 Å². The molecule has 3 N–H and O–H groups in total. The van der Waals surface area contributed by atoms with Crippen LogP contribution < -0.4 is 21.6 Å². The van der Waals surface area contributed by atoms with Crippen LogP contribution in [0.15, 0.2) is 114 Å². The molecule has 2 unspecified atom stereocenters. The maximum absolute atomic E-state index is 15.9. The summed E-state index contributed by atoms with van der Waals surface area (Å²) in [6.07, 6.45) is 12.4. The number of nitrogens with zero attached hydrogens (tertiary/aromatic N) is 7. The Kier molecular flexibility index (Phi) is 12.5. The zero-order valence-corrected chi connectivity index (χ0v) is 37.1. The number of pyridine rings is 2. The molecule has 66 heavy (non-hydrogen) atoms. The number of nitrogens with one attached hydrogen (secondary N) is 1. The standard InChI is InChI=1S/C51H53F2N9O4/c1-58(49(65)37-8-6-34(7-9-37)35-20-25-60(26-21-35)24-3-4-38-29-55-23-19-41(38)39-12-17-46(54)56-30-39)40-13-10-36(11-14-40)42-22-27-61(32-51(42,52)53)31-33-5-15-43-45(28-33)59(2)50(66)62(43)44-16-18-47(63)57-48(44)64/h3-15,17,19,23,28-30,35,42,44H,16,18,20-22,24-27,31-32H2,1-2H3,(H2,54,56)(H,57,63,64). The highest BCUT2D eigenvalue weighted by atomic mass is 19.3. The number of nitrogens with two attached hydrogens (primary N) is 1. The fourth-order valence-corrected chi connectivity index (χ4v) is 9.83. The van der Waals surface area contributed by atoms with Gasteiger partial charge in [0.2, 0.25) is 11.8 Å². The number of carbonyl (C=O) groups is 3. The fraction of sp³-hybridized carbons (Fsp3) is 0.333. The lowest BCUT2D eigenvalue weighted by Gasteiger charge is -2.38. The first-order valence-corrected chi connectivity index (χ1v) is 22.5. The van der Waals surface area contributed by atoms with E-state index in [0.717, 1.165) is 54.7 Å². The molecule has 3 amide bonds. The Morgan fingerprint density at radius 1 is 0.879 bits per heavy atom. The summed E-state index contributed by atoms with van der Waals surface area (Å²) in [5.41, 5.74) is 13.3. The third-order valence-corrected chi connectivity index (χ3v) is 13.6. The summed E-state index contributed by atoms with van der Waals surface area (Å²) in [5, 5.41) is 2.31. The molecular weight excluding hydrogens is 841 g/mol. The number of alkyl halides is 2. The molecule has 3 aliphatic heterocycles. The summed E-state index contributed by atoms with van der Waals surface area (Å²) in [4.78, 5) is 65.4. The monoisotopic (exact) mass is 893 g/mol. The number of hydrogen-bond acceptors (Lipinski definition) is 9. The highest BCUT2D eigenvalue weighted by Gasteiger charge is 2.45. The molecule has 0 spiro atoms. The van der Waals surface area contributed by atoms with Gasteiger partial charge in [-0.2, -0.15) is 0 Å². The van der Waals surface area contributed by atoms with E-state index in [0.29, 0.717) is 46.1 Å². The van der Waals surface area contributed by atoms with E-state index in [-0.39, 0.29) is 43.3 Å². The number of amides is 3. The van der Waals surface area contributed by atoms with Gasteiger partial charge in [0, 0.05) is 74.6 Å². The minimum Gasteiger partial charge on any atom is -0.384 e. The number of fused-ring (bicyclic) bond motifs is 1. The summed E-state index contributed by atoms with van der Waals surface area (Å²) >= 11 is 0. The highest BCUT2D eigenvalue weighted by Crippen LogP contribution is 2.41. The number of aromatic nitrogens is 4. The van der Waals surface area contributed by atoms with Gasteiger partial charge < -0.3 is 10.6 Å². The summed E-state index contributed by atoms with van der Waals surface area (Å²) < 4.78 is 34.6. The van der Waals surface area contributed by atoms with Gasteiger partial charge in [0.1, 0.15) is 11.9 Å². The molecule has 0 radical (unpaired) electrons. The van der Waals surface area contributed by atoms with Crippen LogP contribution in [0, 0.1) is 0 Å². The van der Waals surface area contributed by atoms with Crippen LogP contribution in [0.3, 0.4) is 0 Å². The Labute approximate surface area is 381 Å². The van der Waals surface area contributed by atoms with E-state index in [4.69, 9.17) is 5.73 Å². The number of rotatable bonds is 11. The molecule has 15 heteroatoms. The molecule has 3 aromatic heterocycles. The van der Waals surface area contributed by atoms with E-state index < -0.39 is 30.3 Å².